The largest absolute Gasteiger partial charge is 0.226 e. The highest BCUT2D eigenvalue weighted by atomic mass is 35.5. The van der Waals surface area contributed by atoms with Gasteiger partial charge in [-0.2, -0.15) is 0 Å². The summed E-state index contributed by atoms with van der Waals surface area (Å²) in [4.78, 5) is 11.5. The number of thiophene rings is 1. The molecular weight excluding hydrogens is 319 g/mol. The molecule has 0 N–H and O–H groups in total. The maximum atomic E-state index is 6.08. The number of thioether (sulfide) groups is 1. The quantitative estimate of drug-likeness (QED) is 0.454. The number of alkyl halides is 2. The van der Waals surface area contributed by atoms with E-state index >= 15 is 0 Å². The van der Waals surface area contributed by atoms with E-state index in [0.717, 1.165) is 27.9 Å². The minimum absolute atomic E-state index is 0.381. The van der Waals surface area contributed by atoms with Crippen molar-refractivity contribution in [3.05, 3.63) is 16.3 Å². The maximum absolute atomic E-state index is 6.08. The van der Waals surface area contributed by atoms with Gasteiger partial charge in [0.2, 0.25) is 0 Å². The summed E-state index contributed by atoms with van der Waals surface area (Å²) in [6.45, 7) is 6.22. The average molecular weight is 333 g/mol. The van der Waals surface area contributed by atoms with Crippen molar-refractivity contribution in [1.82, 2.24) is 9.97 Å². The lowest BCUT2D eigenvalue weighted by atomic mass is 10.2. The van der Waals surface area contributed by atoms with Crippen molar-refractivity contribution in [2.75, 3.05) is 5.75 Å². The van der Waals surface area contributed by atoms with Gasteiger partial charge in [0, 0.05) is 21.9 Å². The highest BCUT2D eigenvalue weighted by molar-refractivity contribution is 7.99. The number of halogens is 2. The Morgan fingerprint density at radius 2 is 2.00 bits per heavy atom. The Kier molecular flexibility index (Phi) is 3.49. The second-order valence-corrected chi connectivity index (χ2v) is 8.77. The second-order valence-electron chi connectivity index (χ2n) is 5.01. The third-order valence-electron chi connectivity index (χ3n) is 3.48. The standard InChI is InChI=1S/C13H14Cl2N2S2/c1-6-7(2)19-12-10(6)11(16-8(3)17-12)18-5-9-4-13(9,14)15/h9H,4-5H2,1-3H3/t9-/m0/s1. The zero-order valence-electron chi connectivity index (χ0n) is 11.0. The molecule has 102 valence electrons. The highest BCUT2D eigenvalue weighted by Gasteiger charge is 2.51. The molecule has 0 bridgehead atoms. The molecular formula is C13H14Cl2N2S2. The van der Waals surface area contributed by atoms with Crippen LogP contribution < -0.4 is 0 Å². The summed E-state index contributed by atoms with van der Waals surface area (Å²) < 4.78 is -0.506. The maximum Gasteiger partial charge on any atom is 0.128 e. The molecule has 19 heavy (non-hydrogen) atoms. The molecule has 0 saturated heterocycles. The number of hydrogen-bond acceptors (Lipinski definition) is 4. The minimum atomic E-state index is -0.506. The van der Waals surface area contributed by atoms with Crippen LogP contribution >= 0.6 is 46.3 Å². The second kappa shape index (κ2) is 4.76. The Morgan fingerprint density at radius 1 is 1.32 bits per heavy atom. The van der Waals surface area contributed by atoms with Gasteiger partial charge in [-0.15, -0.1) is 46.3 Å². The van der Waals surface area contributed by atoms with E-state index in [-0.39, 0.29) is 0 Å². The van der Waals surface area contributed by atoms with Crippen molar-refractivity contribution < 1.29 is 0 Å². The van der Waals surface area contributed by atoms with E-state index in [9.17, 15) is 0 Å². The minimum Gasteiger partial charge on any atom is -0.226 e. The lowest BCUT2D eigenvalue weighted by Crippen LogP contribution is -1.96. The normalized spacial score (nSPS) is 21.0. The molecule has 1 saturated carbocycles. The molecule has 0 aliphatic heterocycles. The first-order valence-corrected chi connectivity index (χ1v) is 8.69. The Hall–Kier alpha value is -0.0300. The Bertz CT molecular complexity index is 652. The van der Waals surface area contributed by atoms with Gasteiger partial charge in [0.25, 0.3) is 0 Å². The van der Waals surface area contributed by atoms with Gasteiger partial charge in [-0.25, -0.2) is 9.97 Å². The molecule has 0 spiro atoms. The first-order valence-electron chi connectivity index (χ1n) is 6.13. The van der Waals surface area contributed by atoms with Crippen LogP contribution in [0.4, 0.5) is 0 Å². The molecule has 2 nitrogen and oxygen atoms in total. The predicted octanol–water partition coefficient (Wildman–Crippen LogP) is 4.90. The smallest absolute Gasteiger partial charge is 0.128 e. The molecule has 1 aliphatic rings. The van der Waals surface area contributed by atoms with Gasteiger partial charge in [0.05, 0.1) is 0 Å². The van der Waals surface area contributed by atoms with Crippen LogP contribution in [0, 0.1) is 26.7 Å². The molecule has 0 aromatic carbocycles. The van der Waals surface area contributed by atoms with E-state index < -0.39 is 4.33 Å². The third-order valence-corrected chi connectivity index (χ3v) is 6.65. The molecule has 3 rings (SSSR count). The first-order chi connectivity index (χ1) is 8.88. The molecule has 1 fully saturated rings. The monoisotopic (exact) mass is 332 g/mol. The lowest BCUT2D eigenvalue weighted by Gasteiger charge is -2.05. The van der Waals surface area contributed by atoms with Crippen molar-refractivity contribution in [3.8, 4) is 0 Å². The molecule has 2 heterocycles. The van der Waals surface area contributed by atoms with Gasteiger partial charge in [0.1, 0.15) is 20.0 Å². The van der Waals surface area contributed by atoms with Gasteiger partial charge in [-0.1, -0.05) is 0 Å². The lowest BCUT2D eigenvalue weighted by molar-refractivity contribution is 0.966. The van der Waals surface area contributed by atoms with E-state index in [1.54, 1.807) is 23.1 Å². The summed E-state index contributed by atoms with van der Waals surface area (Å²) in [6, 6.07) is 0. The van der Waals surface area contributed by atoms with Crippen LogP contribution in [0.15, 0.2) is 5.03 Å². The molecule has 1 aliphatic carbocycles. The van der Waals surface area contributed by atoms with E-state index in [1.165, 1.54) is 15.8 Å². The fourth-order valence-electron chi connectivity index (χ4n) is 2.05. The van der Waals surface area contributed by atoms with Crippen LogP contribution in [0.2, 0.25) is 0 Å². The SMILES string of the molecule is Cc1nc(SC[C@@H]2CC2(Cl)Cl)c2c(C)c(C)sc2n1. The molecule has 2 aromatic rings. The van der Waals surface area contributed by atoms with Gasteiger partial charge in [-0.3, -0.25) is 0 Å². The topological polar surface area (TPSA) is 25.8 Å². The van der Waals surface area contributed by atoms with E-state index in [1.807, 2.05) is 6.92 Å². The number of rotatable bonds is 3. The fourth-order valence-corrected chi connectivity index (χ4v) is 5.25. The van der Waals surface area contributed by atoms with Crippen molar-refractivity contribution >= 4 is 56.5 Å². The molecule has 1 atom stereocenters. The Balaban J connectivity index is 1.93. The van der Waals surface area contributed by atoms with E-state index in [4.69, 9.17) is 23.2 Å². The van der Waals surface area contributed by atoms with Crippen LogP contribution in [-0.4, -0.2) is 20.1 Å². The summed E-state index contributed by atoms with van der Waals surface area (Å²) in [5, 5.41) is 2.27. The molecule has 0 radical (unpaired) electrons. The van der Waals surface area contributed by atoms with E-state index in [0.29, 0.717) is 5.92 Å². The van der Waals surface area contributed by atoms with Crippen molar-refractivity contribution in [2.45, 2.75) is 36.6 Å². The number of aromatic nitrogens is 2. The van der Waals surface area contributed by atoms with Crippen LogP contribution in [0.5, 0.6) is 0 Å². The predicted molar refractivity (Wildman–Crippen MR) is 84.9 cm³/mol. The van der Waals surface area contributed by atoms with Crippen LogP contribution in [0.25, 0.3) is 10.2 Å². The Morgan fingerprint density at radius 3 is 2.63 bits per heavy atom. The molecule has 6 heteroatoms. The van der Waals surface area contributed by atoms with Gasteiger partial charge < -0.3 is 0 Å². The molecule has 0 unspecified atom stereocenters. The summed E-state index contributed by atoms with van der Waals surface area (Å²) in [6.07, 6.45) is 0.887. The number of hydrogen-bond donors (Lipinski definition) is 0. The van der Waals surface area contributed by atoms with Crippen LogP contribution in [-0.2, 0) is 0 Å². The van der Waals surface area contributed by atoms with Gasteiger partial charge in [-0.05, 0) is 32.8 Å². The average Bonchev–Trinajstić information content (AvgIpc) is 2.82. The summed E-state index contributed by atoms with van der Waals surface area (Å²) in [5.41, 5.74) is 1.29. The fraction of sp³-hybridized carbons (Fsp3) is 0.538. The zero-order valence-corrected chi connectivity index (χ0v) is 14.1. The number of nitrogens with zero attached hydrogens (tertiary/aromatic N) is 2. The number of aryl methyl sites for hydroxylation is 3. The van der Waals surface area contributed by atoms with Crippen LogP contribution in [0.1, 0.15) is 22.7 Å². The van der Waals surface area contributed by atoms with Gasteiger partial charge >= 0.3 is 0 Å². The highest BCUT2D eigenvalue weighted by Crippen LogP contribution is 2.55. The number of fused-ring (bicyclic) bond motifs is 1. The van der Waals surface area contributed by atoms with Crippen molar-refractivity contribution in [3.63, 3.8) is 0 Å². The summed E-state index contributed by atoms with van der Waals surface area (Å²) in [7, 11) is 0. The van der Waals surface area contributed by atoms with Crippen molar-refractivity contribution in [1.29, 1.82) is 0 Å². The van der Waals surface area contributed by atoms with Crippen LogP contribution in [0.3, 0.4) is 0 Å². The third kappa shape index (κ3) is 2.60. The Labute approximate surface area is 130 Å². The van der Waals surface area contributed by atoms with Gasteiger partial charge in [0.15, 0.2) is 0 Å². The van der Waals surface area contributed by atoms with E-state index in [2.05, 4.69) is 23.8 Å². The van der Waals surface area contributed by atoms with Crippen molar-refractivity contribution in [2.24, 2.45) is 5.92 Å². The molecule has 0 amide bonds. The summed E-state index contributed by atoms with van der Waals surface area (Å²) in [5.74, 6) is 2.13. The summed E-state index contributed by atoms with van der Waals surface area (Å²) >= 11 is 15.7. The zero-order chi connectivity index (χ0) is 13.8. The first kappa shape index (κ1) is 13.9. The molecule has 2 aromatic heterocycles.